The standard InChI is InChI=1S/2C10H18N2O4/c1-9(2,7(13)15-5)11-12-10(3,4)8(14)16-6;1-6(2)10(5,8(15)16)12-11-9(3,4)7(13)14/h1-6H3;6H,1-5H3,(H,13,14)(H,15,16). The molecule has 0 aliphatic rings. The summed E-state index contributed by atoms with van der Waals surface area (Å²) in [6.07, 6.45) is 0. The third kappa shape index (κ3) is 9.06. The smallest absolute Gasteiger partial charge is 0.335 e. The predicted octanol–water partition coefficient (Wildman–Crippen LogP) is 3.14. The fourth-order valence-electron chi connectivity index (χ4n) is 1.51. The van der Waals surface area contributed by atoms with Crippen molar-refractivity contribution in [2.24, 2.45) is 26.4 Å². The summed E-state index contributed by atoms with van der Waals surface area (Å²) in [5.74, 6) is -3.58. The van der Waals surface area contributed by atoms with Gasteiger partial charge in [-0.25, -0.2) is 19.2 Å². The van der Waals surface area contributed by atoms with Crippen LogP contribution in [0.4, 0.5) is 0 Å². The van der Waals surface area contributed by atoms with Crippen molar-refractivity contribution in [3.05, 3.63) is 0 Å². The fourth-order valence-corrected chi connectivity index (χ4v) is 1.51. The van der Waals surface area contributed by atoms with Gasteiger partial charge in [0, 0.05) is 0 Å². The lowest BCUT2D eigenvalue weighted by Gasteiger charge is -2.24. The summed E-state index contributed by atoms with van der Waals surface area (Å²) in [5, 5.41) is 32.8. The van der Waals surface area contributed by atoms with Gasteiger partial charge in [-0.15, -0.1) is 0 Å². The minimum absolute atomic E-state index is 0.279. The molecule has 12 nitrogen and oxygen atoms in total. The van der Waals surface area contributed by atoms with Crippen molar-refractivity contribution in [3.63, 3.8) is 0 Å². The second kappa shape index (κ2) is 11.6. The number of ether oxygens (including phenoxy) is 2. The van der Waals surface area contributed by atoms with Crippen LogP contribution in [0.25, 0.3) is 0 Å². The lowest BCUT2D eigenvalue weighted by atomic mass is 9.90. The number of esters is 2. The molecule has 2 N–H and O–H groups in total. The van der Waals surface area contributed by atoms with Gasteiger partial charge in [0.05, 0.1) is 14.2 Å². The molecule has 0 radical (unpaired) electrons. The second-order valence-corrected chi connectivity index (χ2v) is 8.97. The zero-order chi connectivity index (χ0) is 26.1. The lowest BCUT2D eigenvalue weighted by molar-refractivity contribution is -0.148. The van der Waals surface area contributed by atoms with Crippen LogP contribution in [0.5, 0.6) is 0 Å². The van der Waals surface area contributed by atoms with Crippen LogP contribution in [0.1, 0.15) is 62.3 Å². The molecule has 12 heteroatoms. The van der Waals surface area contributed by atoms with Crippen LogP contribution < -0.4 is 0 Å². The predicted molar refractivity (Wildman–Crippen MR) is 114 cm³/mol. The van der Waals surface area contributed by atoms with E-state index >= 15 is 0 Å². The van der Waals surface area contributed by atoms with Crippen LogP contribution in [-0.2, 0) is 28.7 Å². The molecule has 0 aromatic carbocycles. The molecule has 0 rings (SSSR count). The van der Waals surface area contributed by atoms with E-state index in [-0.39, 0.29) is 5.92 Å². The Morgan fingerprint density at radius 1 is 0.625 bits per heavy atom. The molecule has 32 heavy (non-hydrogen) atoms. The quantitative estimate of drug-likeness (QED) is 0.389. The molecular weight excluding hydrogens is 424 g/mol. The number of carboxylic acid groups (broad SMARTS) is 2. The van der Waals surface area contributed by atoms with E-state index in [4.69, 9.17) is 10.2 Å². The van der Waals surface area contributed by atoms with Gasteiger partial charge in [0.15, 0.2) is 22.2 Å². The Hall–Kier alpha value is -2.92. The van der Waals surface area contributed by atoms with Crippen molar-refractivity contribution >= 4 is 23.9 Å². The maximum atomic E-state index is 11.3. The van der Waals surface area contributed by atoms with Crippen LogP contribution in [0.15, 0.2) is 20.5 Å². The minimum Gasteiger partial charge on any atom is -0.479 e. The van der Waals surface area contributed by atoms with Gasteiger partial charge in [-0.3, -0.25) is 0 Å². The van der Waals surface area contributed by atoms with Crippen molar-refractivity contribution in [3.8, 4) is 0 Å². The molecule has 1 unspecified atom stereocenters. The molecule has 0 aliphatic heterocycles. The number of methoxy groups -OCH3 is 2. The number of carboxylic acids is 2. The first kappa shape index (κ1) is 31.3. The molecule has 0 bridgehead atoms. The molecule has 0 aromatic heterocycles. The van der Waals surface area contributed by atoms with Gasteiger partial charge in [-0.05, 0) is 54.4 Å². The number of hydrogen-bond acceptors (Lipinski definition) is 10. The highest BCUT2D eigenvalue weighted by Crippen LogP contribution is 2.24. The van der Waals surface area contributed by atoms with E-state index in [9.17, 15) is 19.2 Å². The minimum atomic E-state index is -1.41. The molecule has 0 heterocycles. The Morgan fingerprint density at radius 2 is 0.938 bits per heavy atom. The Kier molecular flexibility index (Phi) is 11.4. The van der Waals surface area contributed by atoms with Gasteiger partial charge in [0.1, 0.15) is 0 Å². The van der Waals surface area contributed by atoms with Gasteiger partial charge in [-0.2, -0.15) is 20.5 Å². The molecule has 184 valence electrons. The SMILES string of the molecule is CC(C)C(C)(N=NC(C)(C)C(=O)O)C(=O)O.COC(=O)C(C)(C)N=NC(C)(C)C(=O)OC. The first-order chi connectivity index (χ1) is 14.2. The Labute approximate surface area is 188 Å². The number of carbonyl (C=O) groups is 4. The normalized spacial score (nSPS) is 14.5. The van der Waals surface area contributed by atoms with Gasteiger partial charge >= 0.3 is 23.9 Å². The highest BCUT2D eigenvalue weighted by atomic mass is 16.5. The molecule has 0 aromatic rings. The van der Waals surface area contributed by atoms with Crippen molar-refractivity contribution in [2.75, 3.05) is 14.2 Å². The molecule has 1 atom stereocenters. The Bertz CT molecular complexity index is 727. The maximum Gasteiger partial charge on any atom is 0.335 e. The zero-order valence-corrected chi connectivity index (χ0v) is 20.7. The average Bonchev–Trinajstić information content (AvgIpc) is 2.69. The molecular formula is C20H36N4O8. The van der Waals surface area contributed by atoms with E-state index in [1.807, 2.05) is 0 Å². The molecule has 0 saturated heterocycles. The van der Waals surface area contributed by atoms with Gasteiger partial charge < -0.3 is 19.7 Å². The number of aliphatic carboxylic acids is 2. The summed E-state index contributed by atoms with van der Waals surface area (Å²) < 4.78 is 9.12. The van der Waals surface area contributed by atoms with Crippen molar-refractivity contribution in [1.82, 2.24) is 0 Å². The highest BCUT2D eigenvalue weighted by Gasteiger charge is 2.39. The van der Waals surface area contributed by atoms with E-state index < -0.39 is 46.0 Å². The summed E-state index contributed by atoms with van der Waals surface area (Å²) in [5.41, 5.74) is -5.03. The van der Waals surface area contributed by atoms with Gasteiger partial charge in [-0.1, -0.05) is 13.8 Å². The largest absolute Gasteiger partial charge is 0.479 e. The third-order valence-corrected chi connectivity index (χ3v) is 4.51. The van der Waals surface area contributed by atoms with E-state index in [0.717, 1.165) is 0 Å². The van der Waals surface area contributed by atoms with Gasteiger partial charge in [0.2, 0.25) is 0 Å². The Morgan fingerprint density at radius 3 is 1.16 bits per heavy atom. The number of carbonyl (C=O) groups excluding carboxylic acids is 2. The first-order valence-electron chi connectivity index (χ1n) is 9.73. The number of nitrogens with zero attached hydrogens (tertiary/aromatic N) is 4. The van der Waals surface area contributed by atoms with Crippen molar-refractivity contribution in [2.45, 2.75) is 84.5 Å². The van der Waals surface area contributed by atoms with E-state index in [1.54, 1.807) is 41.5 Å². The van der Waals surface area contributed by atoms with Crippen LogP contribution in [0, 0.1) is 5.92 Å². The van der Waals surface area contributed by atoms with E-state index in [2.05, 4.69) is 29.9 Å². The number of azo groups is 2. The van der Waals surface area contributed by atoms with Crippen LogP contribution >= 0.6 is 0 Å². The lowest BCUT2D eigenvalue weighted by Crippen LogP contribution is -2.39. The monoisotopic (exact) mass is 460 g/mol. The average molecular weight is 461 g/mol. The molecule has 0 spiro atoms. The zero-order valence-electron chi connectivity index (χ0n) is 20.7. The summed E-state index contributed by atoms with van der Waals surface area (Å²) in [7, 11) is 2.54. The van der Waals surface area contributed by atoms with Crippen molar-refractivity contribution < 1.29 is 38.9 Å². The van der Waals surface area contributed by atoms with E-state index in [0.29, 0.717) is 0 Å². The Balaban J connectivity index is 0. The summed E-state index contributed by atoms with van der Waals surface area (Å²) >= 11 is 0. The third-order valence-electron chi connectivity index (χ3n) is 4.51. The molecule has 0 fully saturated rings. The number of rotatable bonds is 9. The summed E-state index contributed by atoms with van der Waals surface area (Å²) in [4.78, 5) is 44.4. The molecule has 0 saturated carbocycles. The van der Waals surface area contributed by atoms with Crippen LogP contribution in [-0.4, -0.2) is 70.5 Å². The van der Waals surface area contributed by atoms with Crippen LogP contribution in [0.3, 0.4) is 0 Å². The fraction of sp³-hybridized carbons (Fsp3) is 0.800. The summed E-state index contributed by atoms with van der Waals surface area (Å²) in [6, 6.07) is 0. The molecule has 0 amide bonds. The van der Waals surface area contributed by atoms with E-state index in [1.165, 1.54) is 35.0 Å². The van der Waals surface area contributed by atoms with Gasteiger partial charge in [0.25, 0.3) is 0 Å². The number of hydrogen-bond donors (Lipinski definition) is 2. The maximum absolute atomic E-state index is 11.3. The highest BCUT2D eigenvalue weighted by molar-refractivity contribution is 5.81. The van der Waals surface area contributed by atoms with Crippen LogP contribution in [0.2, 0.25) is 0 Å². The first-order valence-corrected chi connectivity index (χ1v) is 9.73. The molecule has 0 aliphatic carbocycles. The topological polar surface area (TPSA) is 177 Å². The van der Waals surface area contributed by atoms with Crippen molar-refractivity contribution in [1.29, 1.82) is 0 Å². The summed E-state index contributed by atoms with van der Waals surface area (Å²) in [6.45, 7) is 13.7. The second-order valence-electron chi connectivity index (χ2n) is 8.97.